The van der Waals surface area contributed by atoms with Crippen molar-refractivity contribution in [3.63, 3.8) is 0 Å². The van der Waals surface area contributed by atoms with Crippen LogP contribution in [0.1, 0.15) is 28.4 Å². The van der Waals surface area contributed by atoms with Crippen molar-refractivity contribution in [3.8, 4) is 6.07 Å². The van der Waals surface area contributed by atoms with E-state index in [-0.39, 0.29) is 12.1 Å². The summed E-state index contributed by atoms with van der Waals surface area (Å²) in [5.74, 6) is -1.04. The van der Waals surface area contributed by atoms with Gasteiger partial charge in [0.1, 0.15) is 0 Å². The Balaban J connectivity index is 1.90. The Bertz CT molecular complexity index is 782. The van der Waals surface area contributed by atoms with Gasteiger partial charge in [-0.15, -0.1) is 0 Å². The van der Waals surface area contributed by atoms with Gasteiger partial charge in [-0.05, 0) is 42.8 Å². The molecular weight excluding hydrogens is 328 g/mol. The lowest BCUT2D eigenvalue weighted by Crippen LogP contribution is -2.35. The Morgan fingerprint density at radius 2 is 1.88 bits per heavy atom. The van der Waals surface area contributed by atoms with Crippen molar-refractivity contribution >= 4 is 23.5 Å². The molecule has 1 N–H and O–H groups in total. The molecule has 1 amide bonds. The Morgan fingerprint density at radius 3 is 2.50 bits per heavy atom. The summed E-state index contributed by atoms with van der Waals surface area (Å²) in [6, 6.07) is 15.1. The fourth-order valence-electron chi connectivity index (χ4n) is 1.93. The third kappa shape index (κ3) is 4.58. The van der Waals surface area contributed by atoms with E-state index in [1.807, 2.05) is 12.1 Å². The summed E-state index contributed by atoms with van der Waals surface area (Å²) in [4.78, 5) is 24.0. The van der Waals surface area contributed by atoms with Gasteiger partial charge in [-0.3, -0.25) is 4.79 Å². The van der Waals surface area contributed by atoms with Crippen molar-refractivity contribution in [2.75, 3.05) is 0 Å². The molecule has 2 rings (SSSR count). The van der Waals surface area contributed by atoms with E-state index < -0.39 is 18.0 Å². The largest absolute Gasteiger partial charge is 0.449 e. The highest BCUT2D eigenvalue weighted by Crippen LogP contribution is 2.14. The highest BCUT2D eigenvalue weighted by molar-refractivity contribution is 6.31. The molecule has 2 aromatic rings. The zero-order valence-corrected chi connectivity index (χ0v) is 13.7. The van der Waals surface area contributed by atoms with E-state index >= 15 is 0 Å². The van der Waals surface area contributed by atoms with E-state index in [0.717, 1.165) is 5.56 Å². The fraction of sp³-hybridized carbons (Fsp3) is 0.167. The van der Waals surface area contributed by atoms with Gasteiger partial charge in [0.2, 0.25) is 0 Å². The number of ether oxygens (including phenoxy) is 1. The van der Waals surface area contributed by atoms with Crippen LogP contribution in [-0.4, -0.2) is 18.0 Å². The van der Waals surface area contributed by atoms with Crippen LogP contribution in [0.3, 0.4) is 0 Å². The number of carbonyl (C=O) groups excluding carboxylic acids is 2. The second kappa shape index (κ2) is 8.14. The van der Waals surface area contributed by atoms with Crippen LogP contribution in [0.15, 0.2) is 48.5 Å². The van der Waals surface area contributed by atoms with Crippen LogP contribution in [0, 0.1) is 11.3 Å². The first-order valence-corrected chi connectivity index (χ1v) is 7.61. The van der Waals surface area contributed by atoms with Crippen LogP contribution in [0.25, 0.3) is 0 Å². The lowest BCUT2D eigenvalue weighted by Gasteiger charge is -2.14. The second-order valence-electron chi connectivity index (χ2n) is 5.05. The normalized spacial score (nSPS) is 11.2. The first-order chi connectivity index (χ1) is 11.5. The molecule has 1 atom stereocenters. The SMILES string of the molecule is CC(OC(=O)c1ccc(C#N)cc1)C(=O)NCc1ccccc1Cl. The second-order valence-corrected chi connectivity index (χ2v) is 5.45. The minimum Gasteiger partial charge on any atom is -0.449 e. The Kier molecular flexibility index (Phi) is 5.94. The van der Waals surface area contributed by atoms with Gasteiger partial charge in [0, 0.05) is 11.6 Å². The van der Waals surface area contributed by atoms with Gasteiger partial charge in [-0.25, -0.2) is 4.79 Å². The van der Waals surface area contributed by atoms with Crippen molar-refractivity contribution in [3.05, 3.63) is 70.2 Å². The third-order valence-electron chi connectivity index (χ3n) is 3.31. The summed E-state index contributed by atoms with van der Waals surface area (Å²) in [5.41, 5.74) is 1.50. The number of nitriles is 1. The average Bonchev–Trinajstić information content (AvgIpc) is 2.60. The lowest BCUT2D eigenvalue weighted by molar-refractivity contribution is -0.129. The number of nitrogens with one attached hydrogen (secondary N) is 1. The fourth-order valence-corrected chi connectivity index (χ4v) is 2.13. The molecule has 2 aromatic carbocycles. The van der Waals surface area contributed by atoms with Crippen molar-refractivity contribution in [2.24, 2.45) is 0 Å². The van der Waals surface area contributed by atoms with E-state index in [0.29, 0.717) is 10.6 Å². The molecule has 0 saturated heterocycles. The van der Waals surface area contributed by atoms with Gasteiger partial charge >= 0.3 is 5.97 Å². The summed E-state index contributed by atoms with van der Waals surface area (Å²) in [6.45, 7) is 1.74. The quantitative estimate of drug-likeness (QED) is 0.847. The molecule has 0 aliphatic rings. The van der Waals surface area contributed by atoms with Gasteiger partial charge in [0.25, 0.3) is 5.91 Å². The number of halogens is 1. The zero-order chi connectivity index (χ0) is 17.5. The summed E-state index contributed by atoms with van der Waals surface area (Å²) >= 11 is 6.02. The maximum Gasteiger partial charge on any atom is 0.338 e. The summed E-state index contributed by atoms with van der Waals surface area (Å²) in [5, 5.41) is 12.0. The van der Waals surface area contributed by atoms with Gasteiger partial charge < -0.3 is 10.1 Å². The summed E-state index contributed by atoms with van der Waals surface area (Å²) < 4.78 is 5.12. The van der Waals surface area contributed by atoms with Crippen LogP contribution < -0.4 is 5.32 Å². The van der Waals surface area contributed by atoms with Crippen LogP contribution in [-0.2, 0) is 16.1 Å². The van der Waals surface area contributed by atoms with Crippen molar-refractivity contribution in [1.29, 1.82) is 5.26 Å². The number of benzene rings is 2. The molecule has 24 heavy (non-hydrogen) atoms. The van der Waals surface area contributed by atoms with E-state index in [9.17, 15) is 9.59 Å². The molecule has 5 nitrogen and oxygen atoms in total. The molecule has 0 fully saturated rings. The number of amides is 1. The zero-order valence-electron chi connectivity index (χ0n) is 13.0. The monoisotopic (exact) mass is 342 g/mol. The first kappa shape index (κ1) is 17.5. The lowest BCUT2D eigenvalue weighted by atomic mass is 10.1. The van der Waals surface area contributed by atoms with Crippen LogP contribution >= 0.6 is 11.6 Å². The van der Waals surface area contributed by atoms with Crippen molar-refractivity contribution in [2.45, 2.75) is 19.6 Å². The van der Waals surface area contributed by atoms with Gasteiger partial charge in [0.05, 0.1) is 17.2 Å². The van der Waals surface area contributed by atoms with Gasteiger partial charge in [-0.2, -0.15) is 5.26 Å². The molecule has 1 unspecified atom stereocenters. The van der Waals surface area contributed by atoms with Crippen molar-refractivity contribution in [1.82, 2.24) is 5.32 Å². The minimum absolute atomic E-state index is 0.247. The first-order valence-electron chi connectivity index (χ1n) is 7.23. The molecule has 0 radical (unpaired) electrons. The number of esters is 1. The highest BCUT2D eigenvalue weighted by Gasteiger charge is 2.18. The maximum absolute atomic E-state index is 12.0. The molecule has 122 valence electrons. The molecule has 0 bridgehead atoms. The molecular formula is C18H15ClN2O3. The molecule has 0 spiro atoms. The van der Waals surface area contributed by atoms with Crippen LogP contribution in [0.4, 0.5) is 0 Å². The Labute approximate surface area is 144 Å². The Morgan fingerprint density at radius 1 is 1.21 bits per heavy atom. The van der Waals surface area contributed by atoms with E-state index in [1.165, 1.54) is 31.2 Å². The Hall–Kier alpha value is -2.84. The molecule has 0 saturated carbocycles. The predicted octanol–water partition coefficient (Wildman–Crippen LogP) is 3.07. The maximum atomic E-state index is 12.0. The minimum atomic E-state index is -0.948. The number of carbonyl (C=O) groups is 2. The molecule has 6 heteroatoms. The van der Waals surface area contributed by atoms with Gasteiger partial charge in [-0.1, -0.05) is 29.8 Å². The third-order valence-corrected chi connectivity index (χ3v) is 3.68. The molecule has 0 aliphatic heterocycles. The smallest absolute Gasteiger partial charge is 0.338 e. The van der Waals surface area contributed by atoms with Crippen molar-refractivity contribution < 1.29 is 14.3 Å². The number of rotatable bonds is 5. The van der Waals surface area contributed by atoms with Gasteiger partial charge in [0.15, 0.2) is 6.10 Å². The molecule has 0 heterocycles. The number of hydrogen-bond donors (Lipinski definition) is 1. The molecule has 0 aliphatic carbocycles. The summed E-state index contributed by atoms with van der Waals surface area (Å²) in [7, 11) is 0. The van der Waals surface area contributed by atoms with E-state index in [4.69, 9.17) is 21.6 Å². The average molecular weight is 343 g/mol. The van der Waals surface area contributed by atoms with E-state index in [2.05, 4.69) is 5.32 Å². The highest BCUT2D eigenvalue weighted by atomic mass is 35.5. The summed E-state index contributed by atoms with van der Waals surface area (Å²) in [6.07, 6.45) is -0.948. The molecule has 0 aromatic heterocycles. The predicted molar refractivity (Wildman–Crippen MR) is 89.3 cm³/mol. The topological polar surface area (TPSA) is 79.2 Å². The van der Waals surface area contributed by atoms with E-state index in [1.54, 1.807) is 18.2 Å². The number of nitrogens with zero attached hydrogens (tertiary/aromatic N) is 1. The number of hydrogen-bond acceptors (Lipinski definition) is 4. The van der Waals surface area contributed by atoms with Crippen LogP contribution in [0.5, 0.6) is 0 Å². The van der Waals surface area contributed by atoms with Crippen LogP contribution in [0.2, 0.25) is 5.02 Å². The standard InChI is InChI=1S/C18H15ClN2O3/c1-12(17(22)21-11-15-4-2-3-5-16(15)19)24-18(23)14-8-6-13(10-20)7-9-14/h2-9,12H,11H2,1H3,(H,21,22).